The monoisotopic (exact) mass is 432 g/mol. The minimum absolute atomic E-state index is 0.137. The molecule has 3 heterocycles. The highest BCUT2D eigenvalue weighted by Crippen LogP contribution is 2.50. The van der Waals surface area contributed by atoms with Crippen LogP contribution in [0.1, 0.15) is 61.6 Å². The molecule has 0 bridgehead atoms. The first-order valence-corrected chi connectivity index (χ1v) is 11.7. The van der Waals surface area contributed by atoms with E-state index < -0.39 is 0 Å². The Morgan fingerprint density at radius 2 is 1.70 bits per heavy atom. The summed E-state index contributed by atoms with van der Waals surface area (Å²) in [7, 11) is 0. The Labute approximate surface area is 194 Å². The summed E-state index contributed by atoms with van der Waals surface area (Å²) in [4.78, 5) is 9.54. The van der Waals surface area contributed by atoms with Gasteiger partial charge in [-0.05, 0) is 71.8 Å². The number of pyridine rings is 2. The number of benzene rings is 2. The molecule has 0 saturated heterocycles. The van der Waals surface area contributed by atoms with E-state index in [1.807, 2.05) is 18.5 Å². The minimum Gasteiger partial charge on any atom is -0.455 e. The molecule has 2 aromatic carbocycles. The Balaban J connectivity index is 1.65. The summed E-state index contributed by atoms with van der Waals surface area (Å²) in [5, 5.41) is 2.30. The van der Waals surface area contributed by atoms with E-state index in [1.54, 1.807) is 0 Å². The van der Waals surface area contributed by atoms with Crippen molar-refractivity contribution in [1.82, 2.24) is 9.97 Å². The maximum atomic E-state index is 6.60. The molecule has 0 aliphatic heterocycles. The number of hydrogen-bond donors (Lipinski definition) is 0. The molecule has 0 saturated carbocycles. The zero-order chi connectivity index (χ0) is 23.1. The summed E-state index contributed by atoms with van der Waals surface area (Å²) in [5.41, 5.74) is 12.4. The van der Waals surface area contributed by atoms with E-state index >= 15 is 0 Å². The predicted octanol–water partition coefficient (Wildman–Crippen LogP) is 8.09. The molecular formula is C30H28N2O. The normalized spacial score (nSPS) is 14.3. The maximum absolute atomic E-state index is 6.60. The van der Waals surface area contributed by atoms with Gasteiger partial charge in [0.25, 0.3) is 0 Å². The second-order valence-electron chi connectivity index (χ2n) is 10.2. The molecule has 6 rings (SSSR count). The molecule has 0 radical (unpaired) electrons. The molecule has 1 aliphatic rings. The average Bonchev–Trinajstić information content (AvgIpc) is 3.25. The topological polar surface area (TPSA) is 38.9 Å². The van der Waals surface area contributed by atoms with Crippen molar-refractivity contribution in [3.05, 3.63) is 82.8 Å². The lowest BCUT2D eigenvalue weighted by Crippen LogP contribution is -2.16. The van der Waals surface area contributed by atoms with Gasteiger partial charge in [0.1, 0.15) is 11.2 Å². The Hall–Kier alpha value is -3.46. The van der Waals surface area contributed by atoms with Crippen molar-refractivity contribution >= 4 is 21.9 Å². The fourth-order valence-corrected chi connectivity index (χ4v) is 5.59. The molecule has 0 unspecified atom stereocenters. The van der Waals surface area contributed by atoms with Crippen LogP contribution in [-0.4, -0.2) is 9.97 Å². The first kappa shape index (κ1) is 20.2. The number of rotatable bonds is 2. The third-order valence-electron chi connectivity index (χ3n) is 7.37. The average molecular weight is 433 g/mol. The predicted molar refractivity (Wildman–Crippen MR) is 136 cm³/mol. The van der Waals surface area contributed by atoms with Crippen molar-refractivity contribution in [2.45, 2.75) is 52.9 Å². The van der Waals surface area contributed by atoms with Crippen molar-refractivity contribution in [3.63, 3.8) is 0 Å². The number of furan rings is 1. The second-order valence-corrected chi connectivity index (χ2v) is 10.2. The van der Waals surface area contributed by atoms with Crippen LogP contribution in [0.3, 0.4) is 0 Å². The van der Waals surface area contributed by atoms with Gasteiger partial charge in [-0.3, -0.25) is 9.97 Å². The quantitative estimate of drug-likeness (QED) is 0.283. The molecule has 0 spiro atoms. The summed E-state index contributed by atoms with van der Waals surface area (Å²) in [6.45, 7) is 13.3. The molecule has 0 N–H and O–H groups in total. The molecule has 1 aliphatic carbocycles. The molecular weight excluding hydrogens is 404 g/mol. The van der Waals surface area contributed by atoms with Crippen LogP contribution >= 0.6 is 0 Å². The molecule has 3 nitrogen and oxygen atoms in total. The van der Waals surface area contributed by atoms with Gasteiger partial charge in [-0.15, -0.1) is 0 Å². The SMILES string of the molecule is Cc1cnc(-c2c(C)ccc3c2oc2cc4c(cc23)C(C)(C)c2ncccc2-4)cc1C(C)C. The minimum atomic E-state index is -0.137. The molecule has 3 heteroatoms. The largest absolute Gasteiger partial charge is 0.455 e. The van der Waals surface area contributed by atoms with Gasteiger partial charge >= 0.3 is 0 Å². The zero-order valence-electron chi connectivity index (χ0n) is 20.1. The van der Waals surface area contributed by atoms with Crippen molar-refractivity contribution in [2.24, 2.45) is 0 Å². The van der Waals surface area contributed by atoms with Crippen LogP contribution in [0.4, 0.5) is 0 Å². The summed E-state index contributed by atoms with van der Waals surface area (Å²) < 4.78 is 6.60. The molecule has 164 valence electrons. The lowest BCUT2D eigenvalue weighted by Gasteiger charge is -2.19. The van der Waals surface area contributed by atoms with Gasteiger partial charge in [-0.25, -0.2) is 0 Å². The summed E-state index contributed by atoms with van der Waals surface area (Å²) in [6.07, 6.45) is 3.88. The van der Waals surface area contributed by atoms with E-state index in [-0.39, 0.29) is 5.41 Å². The molecule has 0 atom stereocenters. The zero-order valence-corrected chi connectivity index (χ0v) is 20.1. The van der Waals surface area contributed by atoms with Gasteiger partial charge in [0.05, 0.1) is 11.4 Å². The first-order chi connectivity index (χ1) is 15.8. The van der Waals surface area contributed by atoms with Crippen LogP contribution in [0.25, 0.3) is 44.3 Å². The number of aryl methyl sites for hydroxylation is 2. The molecule has 0 amide bonds. The van der Waals surface area contributed by atoms with E-state index in [0.29, 0.717) is 5.92 Å². The lowest BCUT2D eigenvalue weighted by molar-refractivity contribution is 0.636. The molecule has 5 aromatic rings. The summed E-state index contributed by atoms with van der Waals surface area (Å²) >= 11 is 0. The van der Waals surface area contributed by atoms with Crippen LogP contribution in [0.15, 0.2) is 59.3 Å². The highest BCUT2D eigenvalue weighted by atomic mass is 16.3. The smallest absolute Gasteiger partial charge is 0.145 e. The van der Waals surface area contributed by atoms with E-state index in [9.17, 15) is 0 Å². The fourth-order valence-electron chi connectivity index (χ4n) is 5.59. The van der Waals surface area contributed by atoms with Gasteiger partial charge in [0, 0.05) is 39.7 Å². The third-order valence-corrected chi connectivity index (χ3v) is 7.37. The Kier molecular flexibility index (Phi) is 4.14. The van der Waals surface area contributed by atoms with Crippen LogP contribution < -0.4 is 0 Å². The van der Waals surface area contributed by atoms with E-state index in [4.69, 9.17) is 14.4 Å². The summed E-state index contributed by atoms with van der Waals surface area (Å²) in [5.74, 6) is 0.445. The van der Waals surface area contributed by atoms with E-state index in [2.05, 4.69) is 77.9 Å². The third kappa shape index (κ3) is 2.75. The van der Waals surface area contributed by atoms with Crippen molar-refractivity contribution in [3.8, 4) is 22.4 Å². The first-order valence-electron chi connectivity index (χ1n) is 11.7. The van der Waals surface area contributed by atoms with Gasteiger partial charge in [0.15, 0.2) is 0 Å². The van der Waals surface area contributed by atoms with Crippen LogP contribution in [0.5, 0.6) is 0 Å². The van der Waals surface area contributed by atoms with E-state index in [0.717, 1.165) is 38.9 Å². The Morgan fingerprint density at radius 1 is 0.879 bits per heavy atom. The van der Waals surface area contributed by atoms with Crippen LogP contribution in [0.2, 0.25) is 0 Å². The van der Waals surface area contributed by atoms with Crippen molar-refractivity contribution in [1.29, 1.82) is 0 Å². The maximum Gasteiger partial charge on any atom is 0.145 e. The Bertz CT molecular complexity index is 1590. The molecule has 0 fully saturated rings. The highest BCUT2D eigenvalue weighted by molar-refractivity contribution is 6.11. The Morgan fingerprint density at radius 3 is 2.48 bits per heavy atom. The van der Waals surface area contributed by atoms with Crippen molar-refractivity contribution in [2.75, 3.05) is 0 Å². The number of hydrogen-bond acceptors (Lipinski definition) is 3. The second kappa shape index (κ2) is 6.77. The molecule has 33 heavy (non-hydrogen) atoms. The number of aromatic nitrogens is 2. The van der Waals surface area contributed by atoms with Crippen molar-refractivity contribution < 1.29 is 4.42 Å². The number of nitrogens with zero attached hydrogens (tertiary/aromatic N) is 2. The van der Waals surface area contributed by atoms with Crippen LogP contribution in [-0.2, 0) is 5.41 Å². The summed E-state index contributed by atoms with van der Waals surface area (Å²) in [6, 6.07) is 15.3. The fraction of sp³-hybridized carbons (Fsp3) is 0.267. The van der Waals surface area contributed by atoms with Gasteiger partial charge in [-0.2, -0.15) is 0 Å². The standard InChI is InChI=1S/C30H28N2O/c1-16(2)21-13-25(32-15-18(21)4)27-17(3)9-10-19-23-12-24-22(14-26(23)33-28(19)27)20-8-7-11-31-29(20)30(24,5)6/h7-16H,1-6H3. The lowest BCUT2D eigenvalue weighted by atomic mass is 9.84. The number of fused-ring (bicyclic) bond motifs is 6. The van der Waals surface area contributed by atoms with Gasteiger partial charge in [-0.1, -0.05) is 45.9 Å². The van der Waals surface area contributed by atoms with Gasteiger partial charge < -0.3 is 4.42 Å². The van der Waals surface area contributed by atoms with Crippen LogP contribution in [0, 0.1) is 13.8 Å². The molecule has 3 aromatic heterocycles. The van der Waals surface area contributed by atoms with E-state index in [1.165, 1.54) is 33.4 Å². The van der Waals surface area contributed by atoms with Gasteiger partial charge in [0.2, 0.25) is 0 Å². The highest BCUT2D eigenvalue weighted by Gasteiger charge is 2.37.